The molecule has 0 radical (unpaired) electrons. The summed E-state index contributed by atoms with van der Waals surface area (Å²) in [6.45, 7) is 5.40. The van der Waals surface area contributed by atoms with Crippen molar-refractivity contribution in [3.8, 4) is 5.75 Å². The van der Waals surface area contributed by atoms with Crippen LogP contribution in [0.4, 0.5) is 5.69 Å². The summed E-state index contributed by atoms with van der Waals surface area (Å²) < 4.78 is 10.5. The third-order valence-corrected chi connectivity index (χ3v) is 4.77. The third kappa shape index (κ3) is 4.71. The topological polar surface area (TPSA) is 58.0 Å². The fourth-order valence-corrected chi connectivity index (χ4v) is 3.29. The molecule has 1 saturated heterocycles. The van der Waals surface area contributed by atoms with E-state index in [-0.39, 0.29) is 5.91 Å². The van der Waals surface area contributed by atoms with Crippen LogP contribution in [-0.2, 0) is 0 Å². The number of hydrogen-bond donors (Lipinski definition) is 1. The maximum atomic E-state index is 11.8. The molecule has 0 saturated carbocycles. The zero-order valence-electron chi connectivity index (χ0n) is 14.9. The summed E-state index contributed by atoms with van der Waals surface area (Å²) in [4.78, 5) is 16.5. The van der Waals surface area contributed by atoms with Crippen LogP contribution >= 0.6 is 11.6 Å². The van der Waals surface area contributed by atoms with E-state index in [2.05, 4.69) is 15.1 Å². The van der Waals surface area contributed by atoms with E-state index in [0.717, 1.165) is 55.6 Å². The summed E-state index contributed by atoms with van der Waals surface area (Å²) in [5, 5.41) is 3.60. The molecular formula is C19H24ClN3O3. The summed E-state index contributed by atoms with van der Waals surface area (Å²) in [5.74, 6) is 1.05. The molecule has 0 unspecified atom stereocenters. The summed E-state index contributed by atoms with van der Waals surface area (Å²) >= 11 is 6.13. The van der Waals surface area contributed by atoms with Gasteiger partial charge in [-0.3, -0.25) is 9.69 Å². The highest BCUT2D eigenvalue weighted by molar-refractivity contribution is 6.30. The van der Waals surface area contributed by atoms with Crippen molar-refractivity contribution in [1.82, 2.24) is 10.2 Å². The number of carbonyl (C=O) groups is 1. The van der Waals surface area contributed by atoms with Gasteiger partial charge in [0.2, 0.25) is 0 Å². The zero-order chi connectivity index (χ0) is 18.4. The number of amides is 1. The van der Waals surface area contributed by atoms with Gasteiger partial charge in [0.15, 0.2) is 5.76 Å². The molecule has 1 aliphatic heterocycles. The van der Waals surface area contributed by atoms with Crippen molar-refractivity contribution < 1.29 is 13.9 Å². The minimum absolute atomic E-state index is 0.159. The third-order valence-electron chi connectivity index (χ3n) is 4.54. The van der Waals surface area contributed by atoms with Gasteiger partial charge in [0.25, 0.3) is 5.91 Å². The second-order valence-electron chi connectivity index (χ2n) is 6.23. The molecule has 1 amide bonds. The van der Waals surface area contributed by atoms with Crippen LogP contribution in [0.25, 0.3) is 0 Å². The van der Waals surface area contributed by atoms with Gasteiger partial charge in [-0.2, -0.15) is 0 Å². The summed E-state index contributed by atoms with van der Waals surface area (Å²) in [5.41, 5.74) is 1.05. The standard InChI is InChI=1S/C19H24ClN3O3/c1-25-17-6-5-15(20)14-16(17)23-11-9-22(10-12-23)8-3-7-21-19(24)18-4-2-13-26-18/h2,4-6,13-14H,3,7-12H2,1H3,(H,21,24). The maximum Gasteiger partial charge on any atom is 0.286 e. The van der Waals surface area contributed by atoms with E-state index in [4.69, 9.17) is 20.8 Å². The van der Waals surface area contributed by atoms with E-state index in [1.54, 1.807) is 19.2 Å². The number of furan rings is 1. The van der Waals surface area contributed by atoms with Gasteiger partial charge >= 0.3 is 0 Å². The first-order valence-corrected chi connectivity index (χ1v) is 9.17. The average Bonchev–Trinajstić information content (AvgIpc) is 3.20. The van der Waals surface area contributed by atoms with Crippen molar-refractivity contribution >= 4 is 23.2 Å². The predicted molar refractivity (Wildman–Crippen MR) is 102 cm³/mol. The van der Waals surface area contributed by atoms with Gasteiger partial charge in [-0.15, -0.1) is 0 Å². The first-order valence-electron chi connectivity index (χ1n) is 8.80. The van der Waals surface area contributed by atoms with Crippen LogP contribution in [0.2, 0.25) is 5.02 Å². The van der Waals surface area contributed by atoms with Gasteiger partial charge in [0.05, 0.1) is 19.1 Å². The smallest absolute Gasteiger partial charge is 0.286 e. The Morgan fingerprint density at radius 2 is 2.08 bits per heavy atom. The minimum Gasteiger partial charge on any atom is -0.495 e. The molecule has 1 aromatic heterocycles. The van der Waals surface area contributed by atoms with Gasteiger partial charge in [-0.1, -0.05) is 11.6 Å². The molecule has 3 rings (SSSR count). The first kappa shape index (κ1) is 18.6. The highest BCUT2D eigenvalue weighted by atomic mass is 35.5. The van der Waals surface area contributed by atoms with E-state index < -0.39 is 0 Å². The van der Waals surface area contributed by atoms with Crippen molar-refractivity contribution in [2.24, 2.45) is 0 Å². The lowest BCUT2D eigenvalue weighted by Crippen LogP contribution is -2.47. The molecule has 0 atom stereocenters. The summed E-state index contributed by atoms with van der Waals surface area (Å²) in [6, 6.07) is 9.09. The highest BCUT2D eigenvalue weighted by Crippen LogP contribution is 2.31. The number of anilines is 1. The van der Waals surface area contributed by atoms with Gasteiger partial charge in [-0.05, 0) is 43.3 Å². The van der Waals surface area contributed by atoms with Crippen LogP contribution in [0, 0.1) is 0 Å². The number of rotatable bonds is 7. The van der Waals surface area contributed by atoms with Crippen LogP contribution in [0.1, 0.15) is 17.0 Å². The van der Waals surface area contributed by atoms with Gasteiger partial charge in [0, 0.05) is 37.7 Å². The minimum atomic E-state index is -0.159. The Morgan fingerprint density at radius 1 is 1.27 bits per heavy atom. The Morgan fingerprint density at radius 3 is 2.77 bits per heavy atom. The quantitative estimate of drug-likeness (QED) is 0.752. The first-order chi connectivity index (χ1) is 12.7. The number of nitrogens with one attached hydrogen (secondary N) is 1. The molecule has 0 aliphatic carbocycles. The van der Waals surface area contributed by atoms with E-state index in [0.29, 0.717) is 12.3 Å². The number of piperazine rings is 1. The number of carbonyl (C=O) groups excluding carboxylic acids is 1. The number of nitrogens with zero attached hydrogens (tertiary/aromatic N) is 2. The van der Waals surface area contributed by atoms with Crippen LogP contribution in [0.5, 0.6) is 5.75 Å². The Labute approximate surface area is 158 Å². The molecule has 1 aliphatic rings. The Kier molecular flexibility index (Phi) is 6.41. The summed E-state index contributed by atoms with van der Waals surface area (Å²) in [7, 11) is 1.68. The fourth-order valence-electron chi connectivity index (χ4n) is 3.12. The van der Waals surface area contributed by atoms with Crippen molar-refractivity contribution in [2.45, 2.75) is 6.42 Å². The van der Waals surface area contributed by atoms with Crippen molar-refractivity contribution in [2.75, 3.05) is 51.3 Å². The SMILES string of the molecule is COc1ccc(Cl)cc1N1CCN(CCCNC(=O)c2ccco2)CC1. The van der Waals surface area contributed by atoms with E-state index in [1.807, 2.05) is 18.2 Å². The second kappa shape index (κ2) is 8.96. The lowest BCUT2D eigenvalue weighted by molar-refractivity contribution is 0.0924. The molecule has 7 heteroatoms. The number of hydrogen-bond acceptors (Lipinski definition) is 5. The van der Waals surface area contributed by atoms with Crippen molar-refractivity contribution in [1.29, 1.82) is 0 Å². The fraction of sp³-hybridized carbons (Fsp3) is 0.421. The zero-order valence-corrected chi connectivity index (χ0v) is 15.7. The molecule has 0 bridgehead atoms. The van der Waals surface area contributed by atoms with E-state index >= 15 is 0 Å². The number of benzene rings is 1. The van der Waals surface area contributed by atoms with E-state index in [9.17, 15) is 4.79 Å². The monoisotopic (exact) mass is 377 g/mol. The molecule has 26 heavy (non-hydrogen) atoms. The molecule has 2 aromatic rings. The second-order valence-corrected chi connectivity index (χ2v) is 6.67. The van der Waals surface area contributed by atoms with Crippen molar-refractivity contribution in [3.63, 3.8) is 0 Å². The molecule has 1 aromatic carbocycles. The number of ether oxygens (including phenoxy) is 1. The number of halogens is 1. The van der Waals surface area contributed by atoms with Crippen LogP contribution in [-0.4, -0.2) is 57.2 Å². The van der Waals surface area contributed by atoms with Crippen LogP contribution < -0.4 is 15.0 Å². The maximum absolute atomic E-state index is 11.8. The largest absolute Gasteiger partial charge is 0.495 e. The molecule has 2 heterocycles. The Hall–Kier alpha value is -2.18. The normalized spacial score (nSPS) is 15.1. The van der Waals surface area contributed by atoms with Crippen LogP contribution in [0.15, 0.2) is 41.0 Å². The molecule has 6 nitrogen and oxygen atoms in total. The highest BCUT2D eigenvalue weighted by Gasteiger charge is 2.19. The number of methoxy groups -OCH3 is 1. The molecule has 0 spiro atoms. The van der Waals surface area contributed by atoms with Gasteiger partial charge in [-0.25, -0.2) is 0 Å². The summed E-state index contributed by atoms with van der Waals surface area (Å²) in [6.07, 6.45) is 2.41. The lowest BCUT2D eigenvalue weighted by Gasteiger charge is -2.36. The van der Waals surface area contributed by atoms with Gasteiger partial charge < -0.3 is 19.4 Å². The molecule has 1 fully saturated rings. The lowest BCUT2D eigenvalue weighted by atomic mass is 10.2. The van der Waals surface area contributed by atoms with E-state index in [1.165, 1.54) is 6.26 Å². The Bertz CT molecular complexity index is 713. The van der Waals surface area contributed by atoms with Crippen molar-refractivity contribution in [3.05, 3.63) is 47.4 Å². The predicted octanol–water partition coefficient (Wildman–Crippen LogP) is 2.88. The molecule has 1 N–H and O–H groups in total. The molecule has 140 valence electrons. The van der Waals surface area contributed by atoms with Crippen LogP contribution in [0.3, 0.4) is 0 Å². The molecular weight excluding hydrogens is 354 g/mol. The van der Waals surface area contributed by atoms with Gasteiger partial charge in [0.1, 0.15) is 5.75 Å². The average molecular weight is 378 g/mol. The Balaban J connectivity index is 1.40.